The van der Waals surface area contributed by atoms with Crippen molar-refractivity contribution in [1.82, 2.24) is 0 Å². The molecule has 210 valence electrons. The van der Waals surface area contributed by atoms with Crippen LogP contribution < -0.4 is 0 Å². The first kappa shape index (κ1) is 25.5. The van der Waals surface area contributed by atoms with Crippen LogP contribution in [0.3, 0.4) is 0 Å². The summed E-state index contributed by atoms with van der Waals surface area (Å²) in [5, 5.41) is 5.30. The molecular formula is C44H34. The predicted molar refractivity (Wildman–Crippen MR) is 188 cm³/mol. The van der Waals surface area contributed by atoms with E-state index in [0.717, 1.165) is 12.8 Å². The molecule has 0 amide bonds. The Kier molecular flexibility index (Phi) is 5.39. The zero-order valence-corrected chi connectivity index (χ0v) is 25.5. The fourth-order valence-electron chi connectivity index (χ4n) is 7.87. The minimum Gasteiger partial charge on any atom is -0.0619 e. The van der Waals surface area contributed by atoms with Crippen LogP contribution in [0.15, 0.2) is 127 Å². The van der Waals surface area contributed by atoms with E-state index in [-0.39, 0.29) is 5.41 Å². The summed E-state index contributed by atoms with van der Waals surface area (Å²) in [6.45, 7) is 6.96. The molecule has 0 saturated carbocycles. The molecule has 0 N–H and O–H groups in total. The molecule has 7 aromatic rings. The summed E-state index contributed by atoms with van der Waals surface area (Å²) < 4.78 is 0. The molecule has 7 aromatic carbocycles. The summed E-state index contributed by atoms with van der Waals surface area (Å²) in [7, 11) is 0. The van der Waals surface area contributed by atoms with E-state index in [1.54, 1.807) is 0 Å². The second-order valence-electron chi connectivity index (χ2n) is 13.7. The highest BCUT2D eigenvalue weighted by molar-refractivity contribution is 6.21. The Balaban J connectivity index is 1.32. The van der Waals surface area contributed by atoms with Crippen LogP contribution in [-0.2, 0) is 18.3 Å². The molecule has 0 heteroatoms. The summed E-state index contributed by atoms with van der Waals surface area (Å²) in [6.07, 6.45) is 2.00. The van der Waals surface area contributed by atoms with Gasteiger partial charge in [-0.2, -0.15) is 0 Å². The van der Waals surface area contributed by atoms with Gasteiger partial charge in [0.25, 0.3) is 0 Å². The minimum absolute atomic E-state index is 0.0518. The van der Waals surface area contributed by atoms with Crippen LogP contribution in [0.4, 0.5) is 0 Å². The normalized spacial score (nSPS) is 13.2. The van der Waals surface area contributed by atoms with Gasteiger partial charge in [0.2, 0.25) is 0 Å². The van der Waals surface area contributed by atoms with E-state index in [1.165, 1.54) is 93.9 Å². The van der Waals surface area contributed by atoms with Gasteiger partial charge in [-0.15, -0.1) is 0 Å². The number of benzene rings is 7. The first-order chi connectivity index (χ1) is 21.4. The van der Waals surface area contributed by atoms with Gasteiger partial charge in [0, 0.05) is 0 Å². The van der Waals surface area contributed by atoms with Crippen molar-refractivity contribution in [2.75, 3.05) is 0 Å². The first-order valence-electron chi connectivity index (χ1n) is 15.9. The van der Waals surface area contributed by atoms with Gasteiger partial charge in [0.15, 0.2) is 0 Å². The summed E-state index contributed by atoms with van der Waals surface area (Å²) >= 11 is 0. The van der Waals surface area contributed by atoms with E-state index in [2.05, 4.69) is 148 Å². The zero-order valence-electron chi connectivity index (χ0n) is 25.5. The lowest BCUT2D eigenvalue weighted by atomic mass is 9.81. The number of hydrogen-bond acceptors (Lipinski definition) is 0. The van der Waals surface area contributed by atoms with Crippen LogP contribution in [-0.4, -0.2) is 0 Å². The fourth-order valence-corrected chi connectivity index (χ4v) is 7.87. The lowest BCUT2D eigenvalue weighted by Crippen LogP contribution is -2.10. The minimum atomic E-state index is 0.0518. The van der Waals surface area contributed by atoms with Gasteiger partial charge in [0.1, 0.15) is 0 Å². The van der Waals surface area contributed by atoms with Crippen molar-refractivity contribution in [2.45, 2.75) is 39.0 Å². The smallest absolute Gasteiger partial charge is 0.00132 e. The Bertz CT molecular complexity index is 2310. The summed E-state index contributed by atoms with van der Waals surface area (Å²) in [5.74, 6) is 0. The molecule has 0 saturated heterocycles. The van der Waals surface area contributed by atoms with E-state index >= 15 is 0 Å². The quantitative estimate of drug-likeness (QED) is 0.184. The lowest BCUT2D eigenvalue weighted by Gasteiger charge is -2.23. The van der Waals surface area contributed by atoms with E-state index in [9.17, 15) is 0 Å². The van der Waals surface area contributed by atoms with Gasteiger partial charge < -0.3 is 0 Å². The maximum atomic E-state index is 2.48. The van der Waals surface area contributed by atoms with Crippen LogP contribution in [0, 0.1) is 0 Å². The molecule has 2 aliphatic rings. The molecule has 0 heterocycles. The van der Waals surface area contributed by atoms with E-state index in [4.69, 9.17) is 0 Å². The molecule has 0 bridgehead atoms. The van der Waals surface area contributed by atoms with Crippen molar-refractivity contribution in [3.63, 3.8) is 0 Å². The molecular weight excluding hydrogens is 528 g/mol. The molecule has 0 aliphatic heterocycles. The second-order valence-corrected chi connectivity index (χ2v) is 13.7. The van der Waals surface area contributed by atoms with Crippen LogP contribution >= 0.6 is 0 Å². The van der Waals surface area contributed by atoms with Crippen molar-refractivity contribution in [3.8, 4) is 44.5 Å². The standard InChI is InChI=1S/C44H34/c1-44(2,3)33-18-21-40-41(26-33)43(30-17-20-37-32(25-30)23-28-11-5-7-13-35(28)37)39-15-9-8-14-38(39)42(40)29-16-19-36-31(24-29)22-27-10-4-6-12-34(27)36/h4-21,24-26H,22-23H2,1-3H3. The Hall–Kier alpha value is -4.94. The third kappa shape index (κ3) is 3.77. The number of fused-ring (bicyclic) bond motifs is 8. The molecule has 0 unspecified atom stereocenters. The molecule has 0 spiro atoms. The molecule has 0 atom stereocenters. The second kappa shape index (κ2) is 9.28. The zero-order chi connectivity index (χ0) is 29.6. The van der Waals surface area contributed by atoms with Crippen molar-refractivity contribution in [3.05, 3.63) is 155 Å². The van der Waals surface area contributed by atoms with Crippen molar-refractivity contribution >= 4 is 21.5 Å². The lowest BCUT2D eigenvalue weighted by molar-refractivity contribution is 0.591. The van der Waals surface area contributed by atoms with Crippen LogP contribution in [0.2, 0.25) is 0 Å². The highest BCUT2D eigenvalue weighted by atomic mass is 14.3. The SMILES string of the molecule is CC(C)(C)c1ccc2c(-c3ccc4c(c3)Cc3ccccc3-4)c3ccccc3c(-c3ccc4c(c3)Cc3ccccc3-4)c2c1. The number of hydrogen-bond donors (Lipinski definition) is 0. The average Bonchev–Trinajstić information content (AvgIpc) is 3.60. The van der Waals surface area contributed by atoms with Gasteiger partial charge in [-0.05, 0) is 118 Å². The molecule has 0 radical (unpaired) electrons. The van der Waals surface area contributed by atoms with Gasteiger partial charge in [-0.3, -0.25) is 0 Å². The Morgan fingerprint density at radius 1 is 0.386 bits per heavy atom. The van der Waals surface area contributed by atoms with Crippen LogP contribution in [0.5, 0.6) is 0 Å². The molecule has 9 rings (SSSR count). The summed E-state index contributed by atoms with van der Waals surface area (Å²) in [6, 6.07) is 48.4. The average molecular weight is 563 g/mol. The monoisotopic (exact) mass is 562 g/mol. The highest BCUT2D eigenvalue weighted by Gasteiger charge is 2.24. The Morgan fingerprint density at radius 3 is 1.39 bits per heavy atom. The Morgan fingerprint density at radius 2 is 0.841 bits per heavy atom. The van der Waals surface area contributed by atoms with Crippen molar-refractivity contribution in [1.29, 1.82) is 0 Å². The highest BCUT2D eigenvalue weighted by Crippen LogP contribution is 2.48. The maximum Gasteiger partial charge on any atom is -0.00132 e. The summed E-state index contributed by atoms with van der Waals surface area (Å²) in [4.78, 5) is 0. The third-order valence-corrected chi connectivity index (χ3v) is 10.1. The largest absolute Gasteiger partial charge is 0.0619 e. The van der Waals surface area contributed by atoms with Crippen molar-refractivity contribution < 1.29 is 0 Å². The van der Waals surface area contributed by atoms with E-state index in [0.29, 0.717) is 0 Å². The third-order valence-electron chi connectivity index (χ3n) is 10.1. The molecule has 2 aliphatic carbocycles. The topological polar surface area (TPSA) is 0 Å². The molecule has 0 fully saturated rings. The molecule has 44 heavy (non-hydrogen) atoms. The van der Waals surface area contributed by atoms with Crippen molar-refractivity contribution in [2.24, 2.45) is 0 Å². The van der Waals surface area contributed by atoms with E-state index in [1.807, 2.05) is 0 Å². The maximum absolute atomic E-state index is 2.48. The number of rotatable bonds is 2. The Labute approximate surface area is 259 Å². The van der Waals surface area contributed by atoms with Gasteiger partial charge in [-0.25, -0.2) is 0 Å². The van der Waals surface area contributed by atoms with Gasteiger partial charge >= 0.3 is 0 Å². The molecule has 0 aromatic heterocycles. The fraction of sp³-hybridized carbons (Fsp3) is 0.136. The summed E-state index contributed by atoms with van der Waals surface area (Å²) in [5.41, 5.74) is 17.9. The molecule has 0 nitrogen and oxygen atoms in total. The van der Waals surface area contributed by atoms with Gasteiger partial charge in [-0.1, -0.05) is 142 Å². The van der Waals surface area contributed by atoms with Crippen LogP contribution in [0.25, 0.3) is 66.1 Å². The predicted octanol–water partition coefficient (Wildman–Crippen LogP) is 11.8. The van der Waals surface area contributed by atoms with Gasteiger partial charge in [0.05, 0.1) is 0 Å². The first-order valence-corrected chi connectivity index (χ1v) is 15.9. The van der Waals surface area contributed by atoms with E-state index < -0.39 is 0 Å². The van der Waals surface area contributed by atoms with Crippen LogP contribution in [0.1, 0.15) is 48.6 Å².